The lowest BCUT2D eigenvalue weighted by Gasteiger charge is -2.09. The zero-order valence-electron chi connectivity index (χ0n) is 7.41. The summed E-state index contributed by atoms with van der Waals surface area (Å²) in [5.74, 6) is 0.871. The number of halogens is 1. The molecule has 2 rings (SSSR count). The van der Waals surface area contributed by atoms with Crippen molar-refractivity contribution in [1.82, 2.24) is 4.98 Å². The molecule has 70 valence electrons. The Morgan fingerprint density at radius 3 is 2.85 bits per heavy atom. The van der Waals surface area contributed by atoms with E-state index in [1.807, 2.05) is 12.3 Å². The van der Waals surface area contributed by atoms with Crippen LogP contribution in [-0.2, 0) is 0 Å². The van der Waals surface area contributed by atoms with E-state index < -0.39 is 0 Å². The van der Waals surface area contributed by atoms with Crippen molar-refractivity contribution < 1.29 is 0 Å². The molecular weight excluding hydrogens is 275 g/mol. The Morgan fingerprint density at radius 1 is 1.54 bits per heavy atom. The van der Waals surface area contributed by atoms with Gasteiger partial charge >= 0.3 is 0 Å². The molecule has 1 saturated carbocycles. The molecule has 0 aromatic carbocycles. The van der Waals surface area contributed by atoms with Gasteiger partial charge in [0.2, 0.25) is 0 Å². The van der Waals surface area contributed by atoms with Crippen molar-refractivity contribution in [2.45, 2.75) is 25.3 Å². The molecule has 0 spiro atoms. The molecule has 3 heteroatoms. The minimum absolute atomic E-state index is 0.143. The van der Waals surface area contributed by atoms with Gasteiger partial charge in [-0.2, -0.15) is 0 Å². The van der Waals surface area contributed by atoms with Crippen LogP contribution in [0, 0.1) is 9.49 Å². The van der Waals surface area contributed by atoms with Gasteiger partial charge in [0, 0.05) is 15.8 Å². The van der Waals surface area contributed by atoms with E-state index in [4.69, 9.17) is 5.73 Å². The largest absolute Gasteiger partial charge is 0.323 e. The number of hydrogen-bond donors (Lipinski definition) is 1. The van der Waals surface area contributed by atoms with Gasteiger partial charge in [0.05, 0.1) is 5.69 Å². The lowest BCUT2D eigenvalue weighted by atomic mass is 10.1. The Morgan fingerprint density at radius 2 is 2.31 bits per heavy atom. The molecule has 0 radical (unpaired) electrons. The van der Waals surface area contributed by atoms with Gasteiger partial charge in [-0.1, -0.05) is 12.8 Å². The predicted molar refractivity (Wildman–Crippen MR) is 61.2 cm³/mol. The summed E-state index contributed by atoms with van der Waals surface area (Å²) in [6.45, 7) is 0. The fraction of sp³-hybridized carbons (Fsp3) is 0.500. The van der Waals surface area contributed by atoms with Gasteiger partial charge in [0.25, 0.3) is 0 Å². The number of aromatic nitrogens is 1. The summed E-state index contributed by atoms with van der Waals surface area (Å²) < 4.78 is 1.17. The Labute approximate surface area is 92.1 Å². The van der Waals surface area contributed by atoms with Crippen molar-refractivity contribution in [3.63, 3.8) is 0 Å². The molecule has 0 aliphatic heterocycles. The summed E-state index contributed by atoms with van der Waals surface area (Å²) in [7, 11) is 0. The lowest BCUT2D eigenvalue weighted by Crippen LogP contribution is -2.12. The van der Waals surface area contributed by atoms with Gasteiger partial charge in [-0.05, 0) is 47.1 Å². The van der Waals surface area contributed by atoms with Gasteiger partial charge in [-0.25, -0.2) is 0 Å². The zero-order chi connectivity index (χ0) is 9.26. The summed E-state index contributed by atoms with van der Waals surface area (Å²) in [5.41, 5.74) is 7.06. The molecule has 2 N–H and O–H groups in total. The van der Waals surface area contributed by atoms with E-state index >= 15 is 0 Å². The Balaban J connectivity index is 2.01. The smallest absolute Gasteiger partial charge is 0.0571 e. The topological polar surface area (TPSA) is 38.9 Å². The van der Waals surface area contributed by atoms with E-state index in [0.717, 1.165) is 18.0 Å². The second-order valence-corrected chi connectivity index (χ2v) is 4.93. The normalized spacial score (nSPS) is 18.6. The second kappa shape index (κ2) is 3.92. The van der Waals surface area contributed by atoms with E-state index in [9.17, 15) is 0 Å². The molecule has 1 aliphatic rings. The molecule has 0 saturated heterocycles. The number of hydrogen-bond acceptors (Lipinski definition) is 2. The fourth-order valence-electron chi connectivity index (χ4n) is 1.44. The molecule has 1 atom stereocenters. The second-order valence-electron chi connectivity index (χ2n) is 3.69. The van der Waals surface area contributed by atoms with Crippen LogP contribution in [0.5, 0.6) is 0 Å². The van der Waals surface area contributed by atoms with Crippen LogP contribution in [0.4, 0.5) is 0 Å². The number of pyridine rings is 1. The molecule has 1 aromatic heterocycles. The molecule has 1 aromatic rings. The summed E-state index contributed by atoms with van der Waals surface area (Å²) in [6, 6.07) is 4.24. The standard InChI is InChI=1S/C10H13IN2/c11-8-3-4-10(13-6-8)9(12)5-7-1-2-7/h3-4,6-7,9H,1-2,5,12H2/t9-/m0/s1. The molecule has 2 nitrogen and oxygen atoms in total. The van der Waals surface area contributed by atoms with Crippen LogP contribution in [0.2, 0.25) is 0 Å². The monoisotopic (exact) mass is 288 g/mol. The van der Waals surface area contributed by atoms with Crippen LogP contribution >= 0.6 is 22.6 Å². The van der Waals surface area contributed by atoms with Crippen molar-refractivity contribution in [3.05, 3.63) is 27.6 Å². The Hall–Kier alpha value is -0.160. The molecule has 0 amide bonds. The number of nitrogens with zero attached hydrogens (tertiary/aromatic N) is 1. The number of rotatable bonds is 3. The summed E-state index contributed by atoms with van der Waals surface area (Å²) >= 11 is 2.25. The van der Waals surface area contributed by atoms with Crippen molar-refractivity contribution in [3.8, 4) is 0 Å². The van der Waals surface area contributed by atoms with Crippen LogP contribution in [0.15, 0.2) is 18.3 Å². The average molecular weight is 288 g/mol. The van der Waals surface area contributed by atoms with Gasteiger partial charge in [-0.3, -0.25) is 4.98 Å². The van der Waals surface area contributed by atoms with Crippen molar-refractivity contribution in [1.29, 1.82) is 0 Å². The molecule has 1 fully saturated rings. The third-order valence-corrected chi connectivity index (χ3v) is 3.05. The highest BCUT2D eigenvalue weighted by Crippen LogP contribution is 2.36. The zero-order valence-corrected chi connectivity index (χ0v) is 9.57. The molecule has 13 heavy (non-hydrogen) atoms. The summed E-state index contributed by atoms with van der Waals surface area (Å²) in [4.78, 5) is 4.33. The first-order valence-electron chi connectivity index (χ1n) is 4.63. The van der Waals surface area contributed by atoms with Crippen molar-refractivity contribution >= 4 is 22.6 Å². The first-order chi connectivity index (χ1) is 6.25. The maximum Gasteiger partial charge on any atom is 0.0571 e. The third kappa shape index (κ3) is 2.64. The molecule has 1 aliphatic carbocycles. The Bertz CT molecular complexity index is 279. The maximum absolute atomic E-state index is 6.02. The molecular formula is C10H13IN2. The molecule has 0 bridgehead atoms. The van der Waals surface area contributed by atoms with Crippen LogP contribution in [0.25, 0.3) is 0 Å². The SMILES string of the molecule is N[C@@H](CC1CC1)c1ccc(I)cn1. The van der Waals surface area contributed by atoms with Crippen LogP contribution in [0.3, 0.4) is 0 Å². The van der Waals surface area contributed by atoms with E-state index in [2.05, 4.69) is 33.6 Å². The Kier molecular flexibility index (Phi) is 2.83. The average Bonchev–Trinajstić information content (AvgIpc) is 2.89. The van der Waals surface area contributed by atoms with Crippen LogP contribution in [-0.4, -0.2) is 4.98 Å². The minimum Gasteiger partial charge on any atom is -0.323 e. The first-order valence-corrected chi connectivity index (χ1v) is 5.70. The quantitative estimate of drug-likeness (QED) is 0.868. The van der Waals surface area contributed by atoms with Gasteiger partial charge in [0.15, 0.2) is 0 Å². The van der Waals surface area contributed by atoms with Gasteiger partial charge in [0.1, 0.15) is 0 Å². The minimum atomic E-state index is 0.143. The highest BCUT2D eigenvalue weighted by Gasteiger charge is 2.24. The van der Waals surface area contributed by atoms with Gasteiger partial charge in [-0.15, -0.1) is 0 Å². The third-order valence-electron chi connectivity index (χ3n) is 2.41. The highest BCUT2D eigenvalue weighted by molar-refractivity contribution is 14.1. The van der Waals surface area contributed by atoms with E-state index in [-0.39, 0.29) is 6.04 Å². The first kappa shape index (κ1) is 9.40. The predicted octanol–water partition coefficient (Wildman–Crippen LogP) is 2.49. The van der Waals surface area contributed by atoms with Crippen LogP contribution < -0.4 is 5.73 Å². The van der Waals surface area contributed by atoms with Gasteiger partial charge < -0.3 is 5.73 Å². The van der Waals surface area contributed by atoms with Crippen molar-refractivity contribution in [2.75, 3.05) is 0 Å². The maximum atomic E-state index is 6.02. The highest BCUT2D eigenvalue weighted by atomic mass is 127. The summed E-state index contributed by atoms with van der Waals surface area (Å²) in [6.07, 6.45) is 5.70. The molecule has 1 heterocycles. The fourth-order valence-corrected chi connectivity index (χ4v) is 1.76. The van der Waals surface area contributed by atoms with E-state index in [1.54, 1.807) is 0 Å². The summed E-state index contributed by atoms with van der Waals surface area (Å²) in [5, 5.41) is 0. The molecule has 0 unspecified atom stereocenters. The lowest BCUT2D eigenvalue weighted by molar-refractivity contribution is 0.583. The van der Waals surface area contributed by atoms with E-state index in [0.29, 0.717) is 0 Å². The van der Waals surface area contributed by atoms with Crippen LogP contribution in [0.1, 0.15) is 31.0 Å². The number of nitrogens with two attached hydrogens (primary N) is 1. The van der Waals surface area contributed by atoms with E-state index in [1.165, 1.54) is 16.4 Å². The van der Waals surface area contributed by atoms with Crippen molar-refractivity contribution in [2.24, 2.45) is 11.7 Å².